The highest BCUT2D eigenvalue weighted by molar-refractivity contribution is 5.84. The molecule has 3 N–H and O–H groups in total. The second kappa shape index (κ2) is 5.38. The second-order valence-electron chi connectivity index (χ2n) is 4.81. The fourth-order valence-electron chi connectivity index (χ4n) is 2.33. The van der Waals surface area contributed by atoms with E-state index in [4.69, 9.17) is 5.73 Å². The van der Waals surface area contributed by atoms with E-state index in [0.717, 1.165) is 0 Å². The van der Waals surface area contributed by atoms with Crippen LogP contribution in [0.15, 0.2) is 53.3 Å². The highest BCUT2D eigenvalue weighted by atomic mass is 16.6. The number of hydrogen-bond donors (Lipinski definition) is 2. The van der Waals surface area contributed by atoms with Crippen molar-refractivity contribution in [3.63, 3.8) is 0 Å². The quantitative estimate of drug-likeness (QED) is 0.565. The number of nitrogens with zero attached hydrogens (tertiary/aromatic N) is 2. The van der Waals surface area contributed by atoms with Crippen molar-refractivity contribution in [2.24, 2.45) is 5.73 Å². The number of aromatic nitrogens is 2. The summed E-state index contributed by atoms with van der Waals surface area (Å²) < 4.78 is 0. The molecule has 0 bridgehead atoms. The summed E-state index contributed by atoms with van der Waals surface area (Å²) in [5.74, 6) is 0. The normalized spacial score (nSPS) is 12.2. The predicted octanol–water partition coefficient (Wildman–Crippen LogP) is 1.88. The molecule has 3 rings (SSSR count). The third kappa shape index (κ3) is 2.33. The summed E-state index contributed by atoms with van der Waals surface area (Å²) in [7, 11) is 0. The molecule has 1 aromatic heterocycles. The fraction of sp³-hybridized carbons (Fsp3) is 0.0667. The molecule has 1 atom stereocenters. The Balaban J connectivity index is 2.09. The van der Waals surface area contributed by atoms with Gasteiger partial charge in [-0.1, -0.05) is 30.3 Å². The minimum Gasteiger partial charge on any atom is -0.319 e. The fourth-order valence-corrected chi connectivity index (χ4v) is 2.33. The summed E-state index contributed by atoms with van der Waals surface area (Å²) in [5.41, 5.74) is 7.11. The van der Waals surface area contributed by atoms with Gasteiger partial charge in [-0.05, 0) is 11.6 Å². The first kappa shape index (κ1) is 13.9. The first-order valence-corrected chi connectivity index (χ1v) is 6.55. The summed E-state index contributed by atoms with van der Waals surface area (Å²) in [5, 5.41) is 18.3. The lowest BCUT2D eigenvalue weighted by Crippen LogP contribution is -2.19. The van der Waals surface area contributed by atoms with Crippen LogP contribution >= 0.6 is 0 Å². The van der Waals surface area contributed by atoms with Gasteiger partial charge in [-0.25, -0.2) is 5.10 Å². The minimum absolute atomic E-state index is 0.00441. The molecule has 1 unspecified atom stereocenters. The lowest BCUT2D eigenvalue weighted by Gasteiger charge is -2.13. The molecule has 7 heteroatoms. The maximum absolute atomic E-state index is 11.8. The monoisotopic (exact) mass is 296 g/mol. The van der Waals surface area contributed by atoms with Crippen LogP contribution in [-0.4, -0.2) is 15.1 Å². The Kier molecular flexibility index (Phi) is 3.40. The van der Waals surface area contributed by atoms with E-state index in [0.29, 0.717) is 22.0 Å². The van der Waals surface area contributed by atoms with Crippen molar-refractivity contribution in [1.82, 2.24) is 10.2 Å². The van der Waals surface area contributed by atoms with E-state index in [1.807, 2.05) is 0 Å². The van der Waals surface area contributed by atoms with Crippen molar-refractivity contribution in [2.75, 3.05) is 0 Å². The summed E-state index contributed by atoms with van der Waals surface area (Å²) in [6, 6.07) is 12.4. The molecule has 3 aromatic rings. The van der Waals surface area contributed by atoms with Crippen LogP contribution in [0.3, 0.4) is 0 Å². The van der Waals surface area contributed by atoms with Crippen LogP contribution in [0.2, 0.25) is 0 Å². The molecule has 0 saturated carbocycles. The van der Waals surface area contributed by atoms with E-state index in [-0.39, 0.29) is 11.2 Å². The van der Waals surface area contributed by atoms with Gasteiger partial charge in [0.15, 0.2) is 0 Å². The van der Waals surface area contributed by atoms with E-state index in [1.165, 1.54) is 12.1 Å². The van der Waals surface area contributed by atoms with Crippen LogP contribution in [-0.2, 0) is 0 Å². The smallest absolute Gasteiger partial charge is 0.272 e. The van der Waals surface area contributed by atoms with Crippen molar-refractivity contribution >= 4 is 16.5 Å². The number of hydrogen-bond acceptors (Lipinski definition) is 5. The van der Waals surface area contributed by atoms with Gasteiger partial charge in [0.2, 0.25) is 0 Å². The van der Waals surface area contributed by atoms with Gasteiger partial charge in [-0.3, -0.25) is 14.9 Å². The summed E-state index contributed by atoms with van der Waals surface area (Å²) in [6.07, 6.45) is 0. The number of fused-ring (bicyclic) bond motifs is 1. The van der Waals surface area contributed by atoms with Crippen LogP contribution in [0.25, 0.3) is 10.8 Å². The number of rotatable bonds is 3. The zero-order valence-electron chi connectivity index (χ0n) is 11.4. The Bertz CT molecular complexity index is 903. The van der Waals surface area contributed by atoms with Gasteiger partial charge in [0, 0.05) is 17.5 Å². The van der Waals surface area contributed by atoms with Gasteiger partial charge in [0.25, 0.3) is 11.2 Å². The largest absolute Gasteiger partial charge is 0.319 e. The Morgan fingerprint density at radius 1 is 1.09 bits per heavy atom. The standard InChI is InChI=1S/C15H12N4O3/c16-13(9-5-7-10(8-6-9)19(21)22)14-11-3-1-2-4-12(11)15(20)18-17-14/h1-8,13H,16H2,(H,18,20). The SMILES string of the molecule is NC(c1ccc([N+](=O)[O-])cc1)c1n[nH]c(=O)c2ccccc12. The first-order chi connectivity index (χ1) is 10.6. The molecule has 1 heterocycles. The minimum atomic E-state index is -0.595. The third-order valence-corrected chi connectivity index (χ3v) is 3.48. The third-order valence-electron chi connectivity index (χ3n) is 3.48. The first-order valence-electron chi connectivity index (χ1n) is 6.55. The van der Waals surface area contributed by atoms with Gasteiger partial charge in [0.1, 0.15) is 0 Å². The molecule has 0 radical (unpaired) electrons. The molecule has 7 nitrogen and oxygen atoms in total. The highest BCUT2D eigenvalue weighted by Gasteiger charge is 2.16. The Morgan fingerprint density at radius 3 is 2.36 bits per heavy atom. The maximum atomic E-state index is 11.8. The molecule has 0 aliphatic rings. The van der Waals surface area contributed by atoms with Gasteiger partial charge in [-0.2, -0.15) is 5.10 Å². The van der Waals surface area contributed by atoms with E-state index >= 15 is 0 Å². The molecule has 0 spiro atoms. The lowest BCUT2D eigenvalue weighted by atomic mass is 10.00. The zero-order valence-corrected chi connectivity index (χ0v) is 11.4. The van der Waals surface area contributed by atoms with Crippen LogP contribution in [0.1, 0.15) is 17.3 Å². The molecule has 0 amide bonds. The van der Waals surface area contributed by atoms with Gasteiger partial charge < -0.3 is 5.73 Å². The topological polar surface area (TPSA) is 115 Å². The number of nitrogens with one attached hydrogen (secondary N) is 1. The Hall–Kier alpha value is -3.06. The molecule has 0 aliphatic heterocycles. The number of H-pyrrole nitrogens is 1. The van der Waals surface area contributed by atoms with Crippen molar-refractivity contribution in [2.45, 2.75) is 6.04 Å². The Morgan fingerprint density at radius 2 is 1.73 bits per heavy atom. The van der Waals surface area contributed by atoms with E-state index < -0.39 is 11.0 Å². The average Bonchev–Trinajstić information content (AvgIpc) is 2.55. The lowest BCUT2D eigenvalue weighted by molar-refractivity contribution is -0.384. The van der Waals surface area contributed by atoms with Crippen molar-refractivity contribution in [3.05, 3.63) is 80.3 Å². The van der Waals surface area contributed by atoms with Crippen LogP contribution in [0.4, 0.5) is 5.69 Å². The number of nitrogens with two attached hydrogens (primary N) is 1. The number of nitro benzene ring substituents is 1. The highest BCUT2D eigenvalue weighted by Crippen LogP contribution is 2.24. The van der Waals surface area contributed by atoms with Gasteiger partial charge >= 0.3 is 0 Å². The molecule has 0 fully saturated rings. The predicted molar refractivity (Wildman–Crippen MR) is 81.5 cm³/mol. The van der Waals surface area contributed by atoms with E-state index in [9.17, 15) is 14.9 Å². The summed E-state index contributed by atoms with van der Waals surface area (Å²) in [4.78, 5) is 22.0. The number of aromatic amines is 1. The number of nitro groups is 1. The van der Waals surface area contributed by atoms with Gasteiger partial charge in [0.05, 0.1) is 22.0 Å². The van der Waals surface area contributed by atoms with Crippen LogP contribution < -0.4 is 11.3 Å². The maximum Gasteiger partial charge on any atom is 0.272 e. The van der Waals surface area contributed by atoms with Crippen molar-refractivity contribution in [1.29, 1.82) is 0 Å². The summed E-state index contributed by atoms with van der Waals surface area (Å²) in [6.45, 7) is 0. The van der Waals surface area contributed by atoms with E-state index in [2.05, 4.69) is 10.2 Å². The molecule has 2 aromatic carbocycles. The Labute approximate surface area is 124 Å². The van der Waals surface area contributed by atoms with Crippen molar-refractivity contribution < 1.29 is 4.92 Å². The molecule has 110 valence electrons. The van der Waals surface area contributed by atoms with Gasteiger partial charge in [-0.15, -0.1) is 0 Å². The number of non-ortho nitro benzene ring substituents is 1. The molecular weight excluding hydrogens is 284 g/mol. The molecular formula is C15H12N4O3. The second-order valence-corrected chi connectivity index (χ2v) is 4.81. The van der Waals surface area contributed by atoms with Crippen LogP contribution in [0, 0.1) is 10.1 Å². The number of benzene rings is 2. The van der Waals surface area contributed by atoms with Crippen LogP contribution in [0.5, 0.6) is 0 Å². The molecule has 0 aliphatic carbocycles. The van der Waals surface area contributed by atoms with E-state index in [1.54, 1.807) is 36.4 Å². The molecule has 0 saturated heterocycles. The molecule has 22 heavy (non-hydrogen) atoms. The zero-order chi connectivity index (χ0) is 15.7. The van der Waals surface area contributed by atoms with Crippen molar-refractivity contribution in [3.8, 4) is 0 Å². The summed E-state index contributed by atoms with van der Waals surface area (Å²) >= 11 is 0. The average molecular weight is 296 g/mol.